The summed E-state index contributed by atoms with van der Waals surface area (Å²) in [7, 11) is 5.29. The fourth-order valence-electron chi connectivity index (χ4n) is 4.69. The summed E-state index contributed by atoms with van der Waals surface area (Å²) in [5, 5.41) is 13.7. The summed E-state index contributed by atoms with van der Waals surface area (Å²) in [5.74, 6) is 1.00. The Balaban J connectivity index is 1.73. The molecular weight excluding hydrogens is 428 g/mol. The minimum atomic E-state index is -0.538. The van der Waals surface area contributed by atoms with Gasteiger partial charge >= 0.3 is 0 Å². The Morgan fingerprint density at radius 1 is 1.15 bits per heavy atom. The Labute approximate surface area is 200 Å². The van der Waals surface area contributed by atoms with Gasteiger partial charge in [-0.05, 0) is 43.0 Å². The molecule has 0 spiro atoms. The van der Waals surface area contributed by atoms with Crippen LogP contribution in [0.5, 0.6) is 11.5 Å². The first-order chi connectivity index (χ1) is 16.3. The first kappa shape index (κ1) is 23.4. The third kappa shape index (κ3) is 4.25. The molecule has 1 aliphatic carbocycles. The van der Waals surface area contributed by atoms with Crippen molar-refractivity contribution in [2.75, 3.05) is 21.2 Å². The Kier molecular flexibility index (Phi) is 6.62. The molecule has 0 amide bonds. The molecule has 1 aliphatic heterocycles. The molecule has 4 rings (SSSR count). The minimum absolute atomic E-state index is 0.0528. The molecule has 1 atom stereocenters. The van der Waals surface area contributed by atoms with Crippen LogP contribution in [0.25, 0.3) is 0 Å². The van der Waals surface area contributed by atoms with Crippen LogP contribution >= 0.6 is 0 Å². The van der Waals surface area contributed by atoms with Gasteiger partial charge in [-0.25, -0.2) is 5.01 Å². The molecule has 0 saturated carbocycles. The van der Waals surface area contributed by atoms with Crippen molar-refractivity contribution in [3.63, 3.8) is 0 Å². The number of hydrogen-bond acceptors (Lipinski definition) is 7. The predicted octanol–water partition coefficient (Wildman–Crippen LogP) is 4.16. The van der Waals surface area contributed by atoms with Crippen LogP contribution in [0.2, 0.25) is 0 Å². The molecule has 0 radical (unpaired) electrons. The fourth-order valence-corrected chi connectivity index (χ4v) is 4.69. The van der Waals surface area contributed by atoms with Crippen LogP contribution < -0.4 is 15.2 Å². The van der Waals surface area contributed by atoms with Crippen molar-refractivity contribution in [1.82, 2.24) is 10.0 Å². The number of benzene rings is 2. The van der Waals surface area contributed by atoms with Gasteiger partial charge in [0.2, 0.25) is 0 Å². The van der Waals surface area contributed by atoms with E-state index in [1.54, 1.807) is 12.1 Å². The fraction of sp³-hybridized carbons (Fsp3) is 0.333. The van der Waals surface area contributed by atoms with Crippen molar-refractivity contribution < 1.29 is 14.3 Å². The van der Waals surface area contributed by atoms with Gasteiger partial charge < -0.3 is 15.2 Å². The van der Waals surface area contributed by atoms with Crippen molar-refractivity contribution >= 4 is 5.78 Å². The minimum Gasteiger partial charge on any atom is -0.493 e. The number of nitrogens with zero attached hydrogens (tertiary/aromatic N) is 3. The monoisotopic (exact) mass is 458 g/mol. The normalized spacial score (nSPS) is 18.2. The number of ether oxygens (including phenoxy) is 2. The second-order valence-electron chi connectivity index (χ2n) is 8.82. The van der Waals surface area contributed by atoms with Gasteiger partial charge in [-0.1, -0.05) is 35.9 Å². The van der Waals surface area contributed by atoms with Gasteiger partial charge in [-0.3, -0.25) is 9.80 Å². The Morgan fingerprint density at radius 2 is 1.88 bits per heavy atom. The van der Waals surface area contributed by atoms with Crippen LogP contribution in [0.1, 0.15) is 41.9 Å². The van der Waals surface area contributed by atoms with E-state index in [9.17, 15) is 10.1 Å². The number of carbonyl (C=O) groups is 1. The molecule has 0 aromatic heterocycles. The summed E-state index contributed by atoms with van der Waals surface area (Å²) in [6, 6.07) is 16.0. The number of carbonyl (C=O) groups excluding carboxylic acids is 1. The highest BCUT2D eigenvalue weighted by Crippen LogP contribution is 2.46. The lowest BCUT2D eigenvalue weighted by Gasteiger charge is -2.42. The number of Topliss-reactive ketones (excluding diaryl/α,β-unsaturated/α-hetero) is 1. The van der Waals surface area contributed by atoms with Gasteiger partial charge in [-0.15, -0.1) is 0 Å². The van der Waals surface area contributed by atoms with Gasteiger partial charge in [0.05, 0.1) is 24.7 Å². The molecule has 2 N–H and O–H groups in total. The quantitative estimate of drug-likeness (QED) is 0.695. The van der Waals surface area contributed by atoms with E-state index in [0.717, 1.165) is 29.7 Å². The molecule has 1 unspecified atom stereocenters. The molecular formula is C27H30N4O3. The van der Waals surface area contributed by atoms with Crippen molar-refractivity contribution in [1.29, 1.82) is 5.26 Å². The SMILES string of the molecule is COc1cc(C2C(C#N)=C(N)N(N(C)C)C3=C2C(=O)CCC3)ccc1OCc1ccc(C)cc1. The van der Waals surface area contributed by atoms with E-state index in [-0.39, 0.29) is 5.78 Å². The molecule has 1 heterocycles. The number of rotatable bonds is 6. The molecule has 0 saturated heterocycles. The second-order valence-corrected chi connectivity index (χ2v) is 8.82. The number of allylic oxidation sites excluding steroid dienone is 3. The molecule has 34 heavy (non-hydrogen) atoms. The van der Waals surface area contributed by atoms with E-state index in [1.807, 2.05) is 68.5 Å². The molecule has 7 heteroatoms. The van der Waals surface area contributed by atoms with Crippen LogP contribution in [-0.2, 0) is 11.4 Å². The van der Waals surface area contributed by atoms with Gasteiger partial charge in [0.1, 0.15) is 12.4 Å². The maximum absolute atomic E-state index is 13.1. The number of nitrogens with two attached hydrogens (primary N) is 1. The average Bonchev–Trinajstić information content (AvgIpc) is 2.82. The molecule has 0 bridgehead atoms. The maximum atomic E-state index is 13.1. The molecule has 7 nitrogen and oxygen atoms in total. The molecule has 2 aromatic carbocycles. The zero-order valence-electron chi connectivity index (χ0n) is 20.1. The van der Waals surface area contributed by atoms with E-state index in [1.165, 1.54) is 5.56 Å². The summed E-state index contributed by atoms with van der Waals surface area (Å²) in [6.07, 6.45) is 1.95. The Morgan fingerprint density at radius 3 is 2.53 bits per heavy atom. The smallest absolute Gasteiger partial charge is 0.161 e. The predicted molar refractivity (Wildman–Crippen MR) is 129 cm³/mol. The van der Waals surface area contributed by atoms with E-state index in [0.29, 0.717) is 41.5 Å². The number of nitriles is 1. The van der Waals surface area contributed by atoms with E-state index in [4.69, 9.17) is 15.2 Å². The standard InChI is InChI=1S/C27H30N4O3/c1-17-8-10-18(11-9-17)16-34-23-13-12-19(14-24(23)33-4)25-20(15-28)27(29)31(30(2)3)21-6-5-7-22(32)26(21)25/h8-14,25H,5-7,16,29H2,1-4H3. The van der Waals surface area contributed by atoms with Gasteiger partial charge in [-0.2, -0.15) is 5.26 Å². The molecule has 2 aromatic rings. The third-order valence-corrected chi connectivity index (χ3v) is 6.32. The number of aryl methyl sites for hydroxylation is 1. The van der Waals surface area contributed by atoms with Crippen molar-refractivity contribution in [3.8, 4) is 17.6 Å². The van der Waals surface area contributed by atoms with Gasteiger partial charge in [0, 0.05) is 31.8 Å². The first-order valence-corrected chi connectivity index (χ1v) is 11.3. The third-order valence-electron chi connectivity index (χ3n) is 6.32. The zero-order chi connectivity index (χ0) is 24.4. The Hall–Kier alpha value is -3.76. The van der Waals surface area contributed by atoms with E-state index < -0.39 is 5.92 Å². The highest BCUT2D eigenvalue weighted by atomic mass is 16.5. The lowest BCUT2D eigenvalue weighted by atomic mass is 9.76. The maximum Gasteiger partial charge on any atom is 0.161 e. The number of methoxy groups -OCH3 is 1. The first-order valence-electron chi connectivity index (χ1n) is 11.3. The lowest BCUT2D eigenvalue weighted by molar-refractivity contribution is -0.116. The number of hydrazine groups is 1. The van der Waals surface area contributed by atoms with E-state index in [2.05, 4.69) is 6.07 Å². The van der Waals surface area contributed by atoms with Crippen LogP contribution in [0, 0.1) is 18.3 Å². The van der Waals surface area contributed by atoms with Crippen LogP contribution in [0.15, 0.2) is 65.1 Å². The summed E-state index contributed by atoms with van der Waals surface area (Å²) in [5.41, 5.74) is 11.4. The van der Waals surface area contributed by atoms with Crippen molar-refractivity contribution in [3.05, 3.63) is 81.8 Å². The topological polar surface area (TPSA) is 91.8 Å². The molecule has 2 aliphatic rings. The summed E-state index contributed by atoms with van der Waals surface area (Å²) < 4.78 is 11.7. The number of hydrogen-bond donors (Lipinski definition) is 1. The summed E-state index contributed by atoms with van der Waals surface area (Å²) in [6.45, 7) is 2.45. The Bertz CT molecular complexity index is 1210. The van der Waals surface area contributed by atoms with E-state index >= 15 is 0 Å². The lowest BCUT2D eigenvalue weighted by Crippen LogP contribution is -2.45. The molecule has 176 valence electrons. The van der Waals surface area contributed by atoms with Gasteiger partial charge in [0.25, 0.3) is 0 Å². The van der Waals surface area contributed by atoms with Crippen molar-refractivity contribution in [2.24, 2.45) is 5.73 Å². The van der Waals surface area contributed by atoms with Crippen LogP contribution in [0.3, 0.4) is 0 Å². The second kappa shape index (κ2) is 9.62. The zero-order valence-corrected chi connectivity index (χ0v) is 20.1. The molecule has 0 fully saturated rings. The largest absolute Gasteiger partial charge is 0.493 e. The van der Waals surface area contributed by atoms with Crippen LogP contribution in [0.4, 0.5) is 0 Å². The summed E-state index contributed by atoms with van der Waals surface area (Å²) >= 11 is 0. The van der Waals surface area contributed by atoms with Crippen LogP contribution in [-0.4, -0.2) is 37.0 Å². The highest BCUT2D eigenvalue weighted by Gasteiger charge is 2.40. The highest BCUT2D eigenvalue weighted by molar-refractivity contribution is 5.99. The number of ketones is 1. The van der Waals surface area contributed by atoms with Crippen molar-refractivity contribution in [2.45, 2.75) is 38.7 Å². The summed E-state index contributed by atoms with van der Waals surface area (Å²) in [4.78, 5) is 13.1. The van der Waals surface area contributed by atoms with Gasteiger partial charge in [0.15, 0.2) is 17.3 Å². The average molecular weight is 459 g/mol.